The molecule has 2 heteroatoms. The lowest BCUT2D eigenvalue weighted by atomic mass is 10.0. The highest BCUT2D eigenvalue weighted by atomic mass is 32.1. The molecule has 1 N–H and O–H groups in total. The van der Waals surface area contributed by atoms with Crippen LogP contribution in [-0.4, -0.2) is 6.54 Å². The molecule has 0 saturated heterocycles. The first-order valence-corrected chi connectivity index (χ1v) is 7.85. The predicted molar refractivity (Wildman–Crippen MR) is 78.7 cm³/mol. The lowest BCUT2D eigenvalue weighted by Gasteiger charge is -2.11. The largest absolute Gasteiger partial charge is 0.309 e. The van der Waals surface area contributed by atoms with Gasteiger partial charge in [0.25, 0.3) is 0 Å². The number of nitrogens with one attached hydrogen (secondary N) is 1. The van der Waals surface area contributed by atoms with Crippen LogP contribution in [0.3, 0.4) is 0 Å². The lowest BCUT2D eigenvalue weighted by Crippen LogP contribution is -2.18. The molecule has 0 spiro atoms. The average molecular weight is 253 g/mol. The van der Waals surface area contributed by atoms with Crippen molar-refractivity contribution in [1.29, 1.82) is 0 Å². The van der Waals surface area contributed by atoms with Crippen LogP contribution in [0.1, 0.15) is 63.8 Å². The second kappa shape index (κ2) is 8.71. The topological polar surface area (TPSA) is 12.0 Å². The third kappa shape index (κ3) is 6.85. The molecule has 0 fully saturated rings. The summed E-state index contributed by atoms with van der Waals surface area (Å²) in [7, 11) is 0. The Morgan fingerprint density at radius 2 is 1.88 bits per heavy atom. The fourth-order valence-electron chi connectivity index (χ4n) is 1.99. The zero-order valence-electron chi connectivity index (χ0n) is 11.5. The Hall–Kier alpha value is -0.340. The third-order valence-corrected chi connectivity index (χ3v) is 4.18. The van der Waals surface area contributed by atoms with Crippen LogP contribution in [0.4, 0.5) is 0 Å². The summed E-state index contributed by atoms with van der Waals surface area (Å²) in [6, 6.07) is 4.86. The van der Waals surface area contributed by atoms with Gasteiger partial charge in [0.2, 0.25) is 0 Å². The van der Waals surface area contributed by atoms with Gasteiger partial charge in [-0.3, -0.25) is 0 Å². The highest BCUT2D eigenvalue weighted by molar-refractivity contribution is 7.10. The number of thiophene rings is 1. The summed E-state index contributed by atoms with van der Waals surface area (Å²) in [4.78, 5) is 1.45. The standard InChI is InChI=1S/C15H27NS/c1-13(2)9-6-4-5-7-11-16-14(3)15-10-8-12-17-15/h8,10,12-14,16H,4-7,9,11H2,1-3H3. The summed E-state index contributed by atoms with van der Waals surface area (Å²) in [6.45, 7) is 8.03. The number of unbranched alkanes of at least 4 members (excludes halogenated alkanes) is 3. The van der Waals surface area contributed by atoms with Crippen LogP contribution in [0.2, 0.25) is 0 Å². The van der Waals surface area contributed by atoms with Gasteiger partial charge in [0.05, 0.1) is 0 Å². The van der Waals surface area contributed by atoms with Crippen LogP contribution >= 0.6 is 11.3 Å². The van der Waals surface area contributed by atoms with E-state index in [9.17, 15) is 0 Å². The molecule has 1 aromatic rings. The van der Waals surface area contributed by atoms with Crippen molar-refractivity contribution in [3.05, 3.63) is 22.4 Å². The van der Waals surface area contributed by atoms with E-state index < -0.39 is 0 Å². The highest BCUT2D eigenvalue weighted by Gasteiger charge is 2.04. The van der Waals surface area contributed by atoms with Gasteiger partial charge < -0.3 is 5.32 Å². The molecular formula is C15H27NS. The van der Waals surface area contributed by atoms with Gasteiger partial charge in [0.1, 0.15) is 0 Å². The second-order valence-corrected chi connectivity index (χ2v) is 6.27. The molecule has 0 aliphatic heterocycles. The van der Waals surface area contributed by atoms with E-state index in [2.05, 4.69) is 43.6 Å². The highest BCUT2D eigenvalue weighted by Crippen LogP contribution is 2.18. The Kier molecular flexibility index (Phi) is 7.54. The molecule has 17 heavy (non-hydrogen) atoms. The molecule has 0 aromatic carbocycles. The Morgan fingerprint density at radius 1 is 1.12 bits per heavy atom. The minimum atomic E-state index is 0.519. The molecule has 0 saturated carbocycles. The van der Waals surface area contributed by atoms with E-state index in [4.69, 9.17) is 0 Å². The third-order valence-electron chi connectivity index (χ3n) is 3.13. The lowest BCUT2D eigenvalue weighted by molar-refractivity contribution is 0.500. The molecule has 1 nitrogen and oxygen atoms in total. The molecular weight excluding hydrogens is 226 g/mol. The van der Waals surface area contributed by atoms with Crippen molar-refractivity contribution in [2.75, 3.05) is 6.54 Å². The molecule has 0 aliphatic rings. The first kappa shape index (κ1) is 14.7. The fraction of sp³-hybridized carbons (Fsp3) is 0.733. The van der Waals surface area contributed by atoms with E-state index >= 15 is 0 Å². The van der Waals surface area contributed by atoms with Crippen molar-refractivity contribution in [3.8, 4) is 0 Å². The van der Waals surface area contributed by atoms with E-state index in [0.717, 1.165) is 12.5 Å². The predicted octanol–water partition coefficient (Wildman–Crippen LogP) is 5.01. The first-order chi connectivity index (χ1) is 8.20. The first-order valence-electron chi connectivity index (χ1n) is 6.97. The Bertz CT molecular complexity index is 266. The van der Waals surface area contributed by atoms with Crippen molar-refractivity contribution in [2.24, 2.45) is 5.92 Å². The molecule has 0 bridgehead atoms. The molecule has 1 heterocycles. The smallest absolute Gasteiger partial charge is 0.0386 e. The van der Waals surface area contributed by atoms with Crippen LogP contribution in [0.15, 0.2) is 17.5 Å². The van der Waals surface area contributed by atoms with Gasteiger partial charge in [-0.05, 0) is 37.3 Å². The van der Waals surface area contributed by atoms with Crippen LogP contribution in [0, 0.1) is 5.92 Å². The number of rotatable bonds is 9. The molecule has 0 amide bonds. The maximum Gasteiger partial charge on any atom is 0.0386 e. The molecule has 1 unspecified atom stereocenters. The summed E-state index contributed by atoms with van der Waals surface area (Å²) in [5.41, 5.74) is 0. The van der Waals surface area contributed by atoms with Gasteiger partial charge in [-0.2, -0.15) is 0 Å². The summed E-state index contributed by atoms with van der Waals surface area (Å²) in [5, 5.41) is 5.75. The van der Waals surface area contributed by atoms with Gasteiger partial charge >= 0.3 is 0 Å². The Labute approximate surface area is 111 Å². The number of hydrogen-bond acceptors (Lipinski definition) is 2. The van der Waals surface area contributed by atoms with E-state index in [0.29, 0.717) is 6.04 Å². The summed E-state index contributed by atoms with van der Waals surface area (Å²) in [6.07, 6.45) is 6.87. The Morgan fingerprint density at radius 3 is 2.53 bits per heavy atom. The second-order valence-electron chi connectivity index (χ2n) is 5.29. The van der Waals surface area contributed by atoms with Crippen molar-refractivity contribution in [3.63, 3.8) is 0 Å². The molecule has 0 radical (unpaired) electrons. The molecule has 98 valence electrons. The average Bonchev–Trinajstić information content (AvgIpc) is 2.80. The Balaban J connectivity index is 1.94. The normalized spacial score (nSPS) is 13.2. The van der Waals surface area contributed by atoms with Crippen LogP contribution < -0.4 is 5.32 Å². The van der Waals surface area contributed by atoms with Crippen molar-refractivity contribution in [1.82, 2.24) is 5.32 Å². The summed E-state index contributed by atoms with van der Waals surface area (Å²) < 4.78 is 0. The minimum Gasteiger partial charge on any atom is -0.309 e. The monoisotopic (exact) mass is 253 g/mol. The van der Waals surface area contributed by atoms with Gasteiger partial charge in [-0.25, -0.2) is 0 Å². The van der Waals surface area contributed by atoms with E-state index in [1.807, 2.05) is 11.3 Å². The molecule has 0 aliphatic carbocycles. The van der Waals surface area contributed by atoms with Gasteiger partial charge in [0, 0.05) is 10.9 Å². The summed E-state index contributed by atoms with van der Waals surface area (Å²) in [5.74, 6) is 0.868. The molecule has 1 aromatic heterocycles. The van der Waals surface area contributed by atoms with Crippen LogP contribution in [-0.2, 0) is 0 Å². The van der Waals surface area contributed by atoms with Gasteiger partial charge in [-0.1, -0.05) is 45.6 Å². The quantitative estimate of drug-likeness (QED) is 0.610. The van der Waals surface area contributed by atoms with Crippen molar-refractivity contribution in [2.45, 2.75) is 58.9 Å². The van der Waals surface area contributed by atoms with E-state index in [1.165, 1.54) is 37.0 Å². The van der Waals surface area contributed by atoms with Crippen molar-refractivity contribution < 1.29 is 0 Å². The molecule has 1 atom stereocenters. The van der Waals surface area contributed by atoms with Gasteiger partial charge in [-0.15, -0.1) is 11.3 Å². The minimum absolute atomic E-state index is 0.519. The summed E-state index contributed by atoms with van der Waals surface area (Å²) >= 11 is 1.84. The van der Waals surface area contributed by atoms with Crippen LogP contribution in [0.5, 0.6) is 0 Å². The fourth-order valence-corrected chi connectivity index (χ4v) is 2.75. The zero-order valence-corrected chi connectivity index (χ0v) is 12.4. The molecule has 1 rings (SSSR count). The van der Waals surface area contributed by atoms with Gasteiger partial charge in [0.15, 0.2) is 0 Å². The van der Waals surface area contributed by atoms with E-state index in [-0.39, 0.29) is 0 Å². The number of hydrogen-bond donors (Lipinski definition) is 1. The maximum absolute atomic E-state index is 3.60. The maximum atomic E-state index is 3.60. The zero-order chi connectivity index (χ0) is 12.5. The SMILES string of the molecule is CC(C)CCCCCCNC(C)c1cccs1. The van der Waals surface area contributed by atoms with Crippen LogP contribution in [0.25, 0.3) is 0 Å². The van der Waals surface area contributed by atoms with E-state index in [1.54, 1.807) is 0 Å². The van der Waals surface area contributed by atoms with Crippen molar-refractivity contribution >= 4 is 11.3 Å².